The number of anilines is 2. The van der Waals surface area contributed by atoms with Crippen molar-refractivity contribution in [3.63, 3.8) is 0 Å². The van der Waals surface area contributed by atoms with Crippen molar-refractivity contribution in [3.05, 3.63) is 11.9 Å². The average Bonchev–Trinajstić information content (AvgIpc) is 2.49. The molecule has 1 saturated carbocycles. The van der Waals surface area contributed by atoms with Gasteiger partial charge in [0.25, 0.3) is 0 Å². The zero-order valence-corrected chi connectivity index (χ0v) is 14.0. The third-order valence-electron chi connectivity index (χ3n) is 4.25. The molecule has 0 amide bonds. The lowest BCUT2D eigenvalue weighted by Crippen LogP contribution is -2.37. The molecule has 0 radical (unpaired) electrons. The van der Waals surface area contributed by atoms with Gasteiger partial charge in [0.2, 0.25) is 0 Å². The molecule has 0 aliphatic heterocycles. The fraction of sp³-hybridized carbons (Fsp3) is 0.765. The van der Waals surface area contributed by atoms with Gasteiger partial charge in [-0.3, -0.25) is 0 Å². The highest BCUT2D eigenvalue weighted by atomic mass is 15.2. The Bertz CT molecular complexity index is 438. The molecule has 118 valence electrons. The van der Waals surface area contributed by atoms with Gasteiger partial charge in [0.15, 0.2) is 0 Å². The van der Waals surface area contributed by atoms with Crippen LogP contribution in [-0.2, 0) is 0 Å². The van der Waals surface area contributed by atoms with Gasteiger partial charge >= 0.3 is 0 Å². The minimum Gasteiger partial charge on any atom is -0.370 e. The van der Waals surface area contributed by atoms with E-state index in [4.69, 9.17) is 4.98 Å². The van der Waals surface area contributed by atoms with Crippen molar-refractivity contribution in [2.24, 2.45) is 0 Å². The van der Waals surface area contributed by atoms with Gasteiger partial charge in [0, 0.05) is 31.1 Å². The molecule has 1 N–H and O–H groups in total. The van der Waals surface area contributed by atoms with Gasteiger partial charge in [-0.05, 0) is 26.7 Å². The summed E-state index contributed by atoms with van der Waals surface area (Å²) in [4.78, 5) is 12.0. The molecule has 1 fully saturated rings. The Morgan fingerprint density at radius 2 is 1.90 bits per heavy atom. The van der Waals surface area contributed by atoms with E-state index in [1.807, 2.05) is 0 Å². The molecule has 21 heavy (non-hydrogen) atoms. The summed E-state index contributed by atoms with van der Waals surface area (Å²) in [5, 5.41) is 3.35. The fourth-order valence-corrected chi connectivity index (χ4v) is 3.13. The van der Waals surface area contributed by atoms with Crippen molar-refractivity contribution in [1.29, 1.82) is 0 Å². The molecular formula is C17H30N4. The molecule has 0 bridgehead atoms. The maximum atomic E-state index is 4.84. The number of nitrogens with one attached hydrogen (secondary N) is 1. The van der Waals surface area contributed by atoms with Crippen molar-refractivity contribution in [3.8, 4) is 0 Å². The lowest BCUT2D eigenvalue weighted by molar-refractivity contribution is 0.416. The van der Waals surface area contributed by atoms with Crippen molar-refractivity contribution in [1.82, 2.24) is 9.97 Å². The minimum atomic E-state index is 0.354. The number of hydrogen-bond donors (Lipinski definition) is 1. The van der Waals surface area contributed by atoms with Crippen molar-refractivity contribution in [2.75, 3.05) is 23.3 Å². The van der Waals surface area contributed by atoms with Gasteiger partial charge in [0.1, 0.15) is 17.5 Å². The second-order valence-corrected chi connectivity index (χ2v) is 6.23. The predicted octanol–water partition coefficient (Wildman–Crippen LogP) is 4.19. The van der Waals surface area contributed by atoms with Crippen LogP contribution in [0, 0.1) is 0 Å². The third-order valence-corrected chi connectivity index (χ3v) is 4.25. The van der Waals surface area contributed by atoms with E-state index in [0.29, 0.717) is 12.0 Å². The second kappa shape index (κ2) is 7.62. The molecule has 2 rings (SSSR count). The first-order valence-corrected chi connectivity index (χ1v) is 8.55. The zero-order chi connectivity index (χ0) is 15.2. The van der Waals surface area contributed by atoms with Crippen LogP contribution in [0.5, 0.6) is 0 Å². The van der Waals surface area contributed by atoms with Crippen LogP contribution in [0.25, 0.3) is 0 Å². The summed E-state index contributed by atoms with van der Waals surface area (Å²) in [6, 6.07) is 2.76. The number of nitrogens with zero attached hydrogens (tertiary/aromatic N) is 3. The molecule has 1 aliphatic carbocycles. The van der Waals surface area contributed by atoms with Crippen LogP contribution in [0.2, 0.25) is 0 Å². The summed E-state index contributed by atoms with van der Waals surface area (Å²) in [7, 11) is 0. The highest BCUT2D eigenvalue weighted by molar-refractivity contribution is 5.50. The van der Waals surface area contributed by atoms with Gasteiger partial charge in [-0.15, -0.1) is 0 Å². The van der Waals surface area contributed by atoms with E-state index in [2.05, 4.69) is 49.0 Å². The minimum absolute atomic E-state index is 0.354. The molecule has 0 unspecified atom stereocenters. The quantitative estimate of drug-likeness (QED) is 0.853. The topological polar surface area (TPSA) is 41.0 Å². The molecule has 0 aromatic carbocycles. The number of aromatic nitrogens is 2. The highest BCUT2D eigenvalue weighted by Gasteiger charge is 2.22. The van der Waals surface area contributed by atoms with Crippen molar-refractivity contribution < 1.29 is 0 Å². The van der Waals surface area contributed by atoms with Gasteiger partial charge in [-0.2, -0.15) is 0 Å². The average molecular weight is 290 g/mol. The van der Waals surface area contributed by atoms with Crippen LogP contribution in [0.1, 0.15) is 71.5 Å². The number of rotatable bonds is 6. The fourth-order valence-electron chi connectivity index (χ4n) is 3.13. The Hall–Kier alpha value is -1.32. The Balaban J connectivity index is 2.29. The van der Waals surface area contributed by atoms with E-state index in [-0.39, 0.29) is 0 Å². The molecule has 0 saturated heterocycles. The Morgan fingerprint density at radius 1 is 1.19 bits per heavy atom. The van der Waals surface area contributed by atoms with E-state index >= 15 is 0 Å². The zero-order valence-electron chi connectivity index (χ0n) is 14.0. The van der Waals surface area contributed by atoms with Crippen LogP contribution in [-0.4, -0.2) is 29.1 Å². The highest BCUT2D eigenvalue weighted by Crippen LogP contribution is 2.28. The molecule has 0 spiro atoms. The van der Waals surface area contributed by atoms with Crippen LogP contribution in [0.15, 0.2) is 6.07 Å². The first kappa shape index (κ1) is 16.1. The SMILES string of the molecule is CCNc1cc(N(CC)C2CCCCC2)nc(C(C)C)n1. The van der Waals surface area contributed by atoms with Gasteiger partial charge in [0.05, 0.1) is 0 Å². The first-order chi connectivity index (χ1) is 10.2. The summed E-state index contributed by atoms with van der Waals surface area (Å²) in [5.41, 5.74) is 0. The second-order valence-electron chi connectivity index (χ2n) is 6.23. The van der Waals surface area contributed by atoms with E-state index in [9.17, 15) is 0 Å². The van der Waals surface area contributed by atoms with E-state index in [1.165, 1.54) is 32.1 Å². The molecular weight excluding hydrogens is 260 g/mol. The van der Waals surface area contributed by atoms with Crippen LogP contribution in [0.3, 0.4) is 0 Å². The van der Waals surface area contributed by atoms with Crippen LogP contribution >= 0.6 is 0 Å². The Kier molecular flexibility index (Phi) is 5.83. The van der Waals surface area contributed by atoms with Gasteiger partial charge in [-0.25, -0.2) is 9.97 Å². The molecule has 1 aliphatic rings. The van der Waals surface area contributed by atoms with Crippen LogP contribution in [0.4, 0.5) is 11.6 Å². The Morgan fingerprint density at radius 3 is 2.48 bits per heavy atom. The summed E-state index contributed by atoms with van der Waals surface area (Å²) in [6.07, 6.45) is 6.68. The maximum absolute atomic E-state index is 4.84. The summed E-state index contributed by atoms with van der Waals surface area (Å²) in [5.74, 6) is 3.35. The Labute approximate surface area is 129 Å². The van der Waals surface area contributed by atoms with E-state index in [0.717, 1.165) is 30.5 Å². The molecule has 1 heterocycles. The lowest BCUT2D eigenvalue weighted by atomic mass is 9.94. The first-order valence-electron chi connectivity index (χ1n) is 8.55. The third kappa shape index (κ3) is 4.08. The smallest absolute Gasteiger partial charge is 0.135 e. The largest absolute Gasteiger partial charge is 0.370 e. The molecule has 1 aromatic rings. The van der Waals surface area contributed by atoms with Crippen molar-refractivity contribution in [2.45, 2.75) is 71.8 Å². The summed E-state index contributed by atoms with van der Waals surface area (Å²) >= 11 is 0. The summed E-state index contributed by atoms with van der Waals surface area (Å²) in [6.45, 7) is 10.6. The molecule has 4 nitrogen and oxygen atoms in total. The normalized spacial score (nSPS) is 16.2. The van der Waals surface area contributed by atoms with E-state index in [1.54, 1.807) is 0 Å². The van der Waals surface area contributed by atoms with Crippen LogP contribution < -0.4 is 10.2 Å². The number of hydrogen-bond acceptors (Lipinski definition) is 4. The lowest BCUT2D eigenvalue weighted by Gasteiger charge is -2.35. The predicted molar refractivity (Wildman–Crippen MR) is 90.2 cm³/mol. The maximum Gasteiger partial charge on any atom is 0.135 e. The van der Waals surface area contributed by atoms with Gasteiger partial charge < -0.3 is 10.2 Å². The van der Waals surface area contributed by atoms with E-state index < -0.39 is 0 Å². The molecule has 0 atom stereocenters. The van der Waals surface area contributed by atoms with Crippen molar-refractivity contribution >= 4 is 11.6 Å². The van der Waals surface area contributed by atoms with Gasteiger partial charge in [-0.1, -0.05) is 33.1 Å². The molecule has 1 aromatic heterocycles. The summed E-state index contributed by atoms with van der Waals surface area (Å²) < 4.78 is 0. The molecule has 4 heteroatoms. The monoisotopic (exact) mass is 290 g/mol. The standard InChI is InChI=1S/C17H30N4/c1-5-18-15-12-16(20-17(19-15)13(3)4)21(6-2)14-10-8-7-9-11-14/h12-14H,5-11H2,1-4H3,(H,18,19,20).